The Kier molecular flexibility index (Phi) is 2.93. The third-order valence-corrected chi connectivity index (χ3v) is 3.51. The van der Waals surface area contributed by atoms with E-state index in [1.165, 1.54) is 12.1 Å². The fraction of sp³-hybridized carbons (Fsp3) is 0.333. The van der Waals surface area contributed by atoms with Crippen LogP contribution in [0.2, 0.25) is 0 Å². The molecule has 4 heteroatoms. The molecule has 98 valence electrons. The van der Waals surface area contributed by atoms with E-state index in [4.69, 9.17) is 0 Å². The van der Waals surface area contributed by atoms with Crippen LogP contribution in [-0.2, 0) is 12.8 Å². The largest absolute Gasteiger partial charge is 0.306 e. The zero-order valence-corrected chi connectivity index (χ0v) is 10.8. The molecule has 0 saturated heterocycles. The van der Waals surface area contributed by atoms with Gasteiger partial charge in [-0.05, 0) is 56.4 Å². The lowest BCUT2D eigenvalue weighted by atomic mass is 9.97. The fourth-order valence-corrected chi connectivity index (χ4v) is 2.61. The summed E-state index contributed by atoms with van der Waals surface area (Å²) in [5.74, 6) is 0.156. The number of hydrogen-bond acceptors (Lipinski definition) is 2. The van der Waals surface area contributed by atoms with E-state index in [-0.39, 0.29) is 11.4 Å². The van der Waals surface area contributed by atoms with Gasteiger partial charge >= 0.3 is 0 Å². The second-order valence-corrected chi connectivity index (χ2v) is 5.06. The first-order valence-corrected chi connectivity index (χ1v) is 6.53. The van der Waals surface area contributed by atoms with E-state index in [1.54, 1.807) is 0 Å². The molecule has 19 heavy (non-hydrogen) atoms. The van der Waals surface area contributed by atoms with Gasteiger partial charge < -0.3 is 4.98 Å². The highest BCUT2D eigenvalue weighted by Crippen LogP contribution is 2.21. The second kappa shape index (κ2) is 4.61. The van der Waals surface area contributed by atoms with Crippen molar-refractivity contribution >= 4 is 0 Å². The third-order valence-electron chi connectivity index (χ3n) is 3.51. The van der Waals surface area contributed by atoms with Crippen LogP contribution in [0.1, 0.15) is 29.7 Å². The lowest BCUT2D eigenvalue weighted by Gasteiger charge is -2.14. The van der Waals surface area contributed by atoms with Gasteiger partial charge in [0.1, 0.15) is 11.6 Å². The summed E-state index contributed by atoms with van der Waals surface area (Å²) in [5.41, 5.74) is 3.02. The van der Waals surface area contributed by atoms with Crippen molar-refractivity contribution in [3.05, 3.63) is 51.2 Å². The summed E-state index contributed by atoms with van der Waals surface area (Å²) in [6, 6.07) is 4.69. The van der Waals surface area contributed by atoms with E-state index in [0.29, 0.717) is 11.4 Å². The molecule has 0 atom stereocenters. The van der Waals surface area contributed by atoms with Gasteiger partial charge in [0.05, 0.1) is 5.69 Å². The van der Waals surface area contributed by atoms with Crippen LogP contribution < -0.4 is 5.56 Å². The van der Waals surface area contributed by atoms with Gasteiger partial charge in [-0.15, -0.1) is 0 Å². The van der Waals surface area contributed by atoms with Gasteiger partial charge in [0.25, 0.3) is 5.56 Å². The molecule has 1 aliphatic carbocycles. The molecule has 1 heterocycles. The van der Waals surface area contributed by atoms with Crippen molar-refractivity contribution in [3.8, 4) is 11.4 Å². The molecular weight excluding hydrogens is 243 g/mol. The summed E-state index contributed by atoms with van der Waals surface area (Å²) in [5, 5.41) is 0. The van der Waals surface area contributed by atoms with Crippen molar-refractivity contribution in [3.63, 3.8) is 0 Å². The molecule has 0 saturated carbocycles. The summed E-state index contributed by atoms with van der Waals surface area (Å²) in [6.45, 7) is 1.82. The Balaban J connectivity index is 2.15. The van der Waals surface area contributed by atoms with Crippen LogP contribution in [0.3, 0.4) is 0 Å². The third kappa shape index (κ3) is 2.30. The topological polar surface area (TPSA) is 45.8 Å². The average molecular weight is 258 g/mol. The highest BCUT2D eigenvalue weighted by Gasteiger charge is 2.16. The lowest BCUT2D eigenvalue weighted by Crippen LogP contribution is -2.21. The van der Waals surface area contributed by atoms with E-state index in [2.05, 4.69) is 9.97 Å². The lowest BCUT2D eigenvalue weighted by molar-refractivity contribution is 0.626. The van der Waals surface area contributed by atoms with Crippen molar-refractivity contribution in [2.24, 2.45) is 0 Å². The average Bonchev–Trinajstić information content (AvgIpc) is 2.37. The minimum Gasteiger partial charge on any atom is -0.306 e. The first-order chi connectivity index (χ1) is 9.13. The number of nitrogens with zero attached hydrogens (tertiary/aromatic N) is 1. The molecule has 1 aromatic carbocycles. The number of rotatable bonds is 1. The van der Waals surface area contributed by atoms with Gasteiger partial charge in [-0.25, -0.2) is 9.37 Å². The van der Waals surface area contributed by atoms with Crippen LogP contribution in [-0.4, -0.2) is 9.97 Å². The van der Waals surface area contributed by atoms with Crippen molar-refractivity contribution < 1.29 is 4.39 Å². The number of benzene rings is 1. The van der Waals surface area contributed by atoms with Gasteiger partial charge in [0, 0.05) is 11.1 Å². The normalized spacial score (nSPS) is 14.2. The summed E-state index contributed by atoms with van der Waals surface area (Å²) in [4.78, 5) is 19.3. The summed E-state index contributed by atoms with van der Waals surface area (Å²) in [6.07, 6.45) is 3.72. The number of hydrogen-bond donors (Lipinski definition) is 1. The van der Waals surface area contributed by atoms with Crippen molar-refractivity contribution in [1.82, 2.24) is 9.97 Å². The number of nitrogens with one attached hydrogen (secondary N) is 1. The molecule has 0 fully saturated rings. The van der Waals surface area contributed by atoms with Crippen molar-refractivity contribution in [2.45, 2.75) is 32.6 Å². The maximum absolute atomic E-state index is 13.4. The number of aryl methyl sites for hydroxylation is 2. The molecule has 0 bridgehead atoms. The predicted molar refractivity (Wildman–Crippen MR) is 71.6 cm³/mol. The molecule has 0 radical (unpaired) electrons. The molecule has 3 nitrogen and oxygen atoms in total. The Morgan fingerprint density at radius 2 is 2.00 bits per heavy atom. The van der Waals surface area contributed by atoms with Gasteiger partial charge in [0.15, 0.2) is 0 Å². The number of H-pyrrole nitrogens is 1. The van der Waals surface area contributed by atoms with Crippen LogP contribution in [0, 0.1) is 12.7 Å². The van der Waals surface area contributed by atoms with Crippen molar-refractivity contribution in [1.29, 1.82) is 0 Å². The van der Waals surface area contributed by atoms with E-state index in [9.17, 15) is 9.18 Å². The summed E-state index contributed by atoms with van der Waals surface area (Å²) < 4.78 is 13.4. The highest BCUT2D eigenvalue weighted by molar-refractivity contribution is 5.56. The molecule has 0 aliphatic heterocycles. The Hall–Kier alpha value is -1.97. The van der Waals surface area contributed by atoms with Gasteiger partial charge in [-0.3, -0.25) is 4.79 Å². The first-order valence-electron chi connectivity index (χ1n) is 6.53. The highest BCUT2D eigenvalue weighted by atomic mass is 19.1. The summed E-state index contributed by atoms with van der Waals surface area (Å²) >= 11 is 0. The standard InChI is InChI=1S/C15H15FN2O/c1-9-6-10(8-11(16)7-9)14-17-13-5-3-2-4-12(13)15(19)18-14/h6-8H,2-5H2,1H3,(H,17,18,19). The Morgan fingerprint density at radius 1 is 1.21 bits per heavy atom. The second-order valence-electron chi connectivity index (χ2n) is 5.06. The van der Waals surface area contributed by atoms with Crippen LogP contribution >= 0.6 is 0 Å². The van der Waals surface area contributed by atoms with Crippen LogP contribution in [0.25, 0.3) is 11.4 Å². The number of aromatic nitrogens is 2. The molecule has 0 unspecified atom stereocenters. The van der Waals surface area contributed by atoms with E-state index in [1.807, 2.05) is 13.0 Å². The molecule has 0 spiro atoms. The SMILES string of the molecule is Cc1cc(F)cc(-c2nc3c(c(=O)[nH]2)CCCC3)c1. The van der Waals surface area contributed by atoms with Crippen LogP contribution in [0.15, 0.2) is 23.0 Å². The molecule has 1 aliphatic rings. The van der Waals surface area contributed by atoms with E-state index >= 15 is 0 Å². The maximum Gasteiger partial charge on any atom is 0.254 e. The first kappa shape index (κ1) is 12.1. The van der Waals surface area contributed by atoms with Gasteiger partial charge in [-0.1, -0.05) is 0 Å². The predicted octanol–water partition coefficient (Wildman–Crippen LogP) is 2.76. The molecular formula is C15H15FN2O. The van der Waals surface area contributed by atoms with Gasteiger partial charge in [-0.2, -0.15) is 0 Å². The Morgan fingerprint density at radius 3 is 2.79 bits per heavy atom. The van der Waals surface area contributed by atoms with E-state index in [0.717, 1.165) is 42.5 Å². The molecule has 1 aromatic heterocycles. The monoisotopic (exact) mass is 258 g/mol. The summed E-state index contributed by atoms with van der Waals surface area (Å²) in [7, 11) is 0. The minimum absolute atomic E-state index is 0.0818. The van der Waals surface area contributed by atoms with Crippen LogP contribution in [0.4, 0.5) is 4.39 Å². The zero-order chi connectivity index (χ0) is 13.4. The zero-order valence-electron chi connectivity index (χ0n) is 10.8. The van der Waals surface area contributed by atoms with Crippen molar-refractivity contribution in [2.75, 3.05) is 0 Å². The molecule has 3 rings (SSSR count). The smallest absolute Gasteiger partial charge is 0.254 e. The Labute approximate surface area is 110 Å². The maximum atomic E-state index is 13.4. The molecule has 0 amide bonds. The number of halogens is 1. The van der Waals surface area contributed by atoms with Gasteiger partial charge in [0.2, 0.25) is 0 Å². The minimum atomic E-state index is -0.310. The molecule has 2 aromatic rings. The van der Waals surface area contributed by atoms with Crippen LogP contribution in [0.5, 0.6) is 0 Å². The Bertz CT molecular complexity index is 671. The van der Waals surface area contributed by atoms with E-state index < -0.39 is 0 Å². The number of fused-ring (bicyclic) bond motifs is 1. The number of aromatic amines is 1. The molecule has 1 N–H and O–H groups in total. The fourth-order valence-electron chi connectivity index (χ4n) is 2.61. The quantitative estimate of drug-likeness (QED) is 0.854.